The van der Waals surface area contributed by atoms with Crippen molar-refractivity contribution in [2.75, 3.05) is 19.6 Å². The molecule has 0 aliphatic carbocycles. The van der Waals surface area contributed by atoms with Gasteiger partial charge in [-0.25, -0.2) is 9.78 Å². The Bertz CT molecular complexity index is 894. The van der Waals surface area contributed by atoms with Crippen LogP contribution in [0.2, 0.25) is 0 Å². The second-order valence-electron chi connectivity index (χ2n) is 8.12. The molecule has 9 nitrogen and oxygen atoms in total. The van der Waals surface area contributed by atoms with Gasteiger partial charge in [-0.3, -0.25) is 9.59 Å². The van der Waals surface area contributed by atoms with Gasteiger partial charge in [0, 0.05) is 24.7 Å². The number of rotatable bonds is 4. The van der Waals surface area contributed by atoms with Crippen LogP contribution >= 0.6 is 0 Å². The van der Waals surface area contributed by atoms with Crippen LogP contribution < -0.4 is 10.6 Å². The second-order valence-corrected chi connectivity index (χ2v) is 8.12. The number of hydrogen-bond acceptors (Lipinski definition) is 5. The number of benzene rings is 1. The number of likely N-dealkylation sites (tertiary alicyclic amines) is 1. The average molecular weight is 401 g/mol. The summed E-state index contributed by atoms with van der Waals surface area (Å²) >= 11 is 0. The van der Waals surface area contributed by atoms with Crippen molar-refractivity contribution in [1.29, 1.82) is 0 Å². The van der Waals surface area contributed by atoms with Crippen LogP contribution in [0.3, 0.4) is 0 Å². The molecule has 29 heavy (non-hydrogen) atoms. The van der Waals surface area contributed by atoms with Crippen molar-refractivity contribution in [2.45, 2.75) is 45.3 Å². The highest BCUT2D eigenvalue weighted by atomic mass is 16.6. The summed E-state index contributed by atoms with van der Waals surface area (Å²) in [4.78, 5) is 45.3. The number of piperidine rings is 1. The minimum atomic E-state index is -0.623. The highest BCUT2D eigenvalue weighted by molar-refractivity contribution is 5.97. The molecule has 3 rings (SSSR count). The van der Waals surface area contributed by atoms with Crippen molar-refractivity contribution in [3.05, 3.63) is 30.1 Å². The van der Waals surface area contributed by atoms with E-state index in [0.717, 1.165) is 11.0 Å². The molecule has 1 fully saturated rings. The van der Waals surface area contributed by atoms with Gasteiger partial charge in [0.25, 0.3) is 5.91 Å². The summed E-state index contributed by atoms with van der Waals surface area (Å²) < 4.78 is 5.10. The number of ether oxygens (including phenoxy) is 1. The van der Waals surface area contributed by atoms with E-state index in [4.69, 9.17) is 4.74 Å². The van der Waals surface area contributed by atoms with Crippen molar-refractivity contribution in [3.63, 3.8) is 0 Å². The van der Waals surface area contributed by atoms with Gasteiger partial charge in [0.05, 0.1) is 17.4 Å². The molecule has 0 atom stereocenters. The van der Waals surface area contributed by atoms with Crippen molar-refractivity contribution in [3.8, 4) is 0 Å². The Hall–Kier alpha value is -3.10. The lowest BCUT2D eigenvalue weighted by Crippen LogP contribution is -2.49. The Balaban J connectivity index is 1.43. The topological polar surface area (TPSA) is 116 Å². The Labute approximate surface area is 169 Å². The van der Waals surface area contributed by atoms with Gasteiger partial charge < -0.3 is 25.3 Å². The van der Waals surface area contributed by atoms with Crippen LogP contribution in [0.15, 0.2) is 24.5 Å². The normalized spacial score (nSPS) is 15.2. The van der Waals surface area contributed by atoms with Crippen molar-refractivity contribution >= 4 is 28.9 Å². The quantitative estimate of drug-likeness (QED) is 0.722. The zero-order chi connectivity index (χ0) is 21.0. The van der Waals surface area contributed by atoms with Gasteiger partial charge in [-0.2, -0.15) is 0 Å². The maximum atomic E-state index is 12.7. The summed E-state index contributed by atoms with van der Waals surface area (Å²) in [6.07, 6.45) is 2.30. The molecule has 156 valence electrons. The number of aromatic amines is 1. The molecule has 3 N–H and O–H groups in total. The minimum Gasteiger partial charge on any atom is -0.444 e. The lowest BCUT2D eigenvalue weighted by molar-refractivity contribution is -0.121. The Morgan fingerprint density at radius 1 is 1.24 bits per heavy atom. The molecule has 1 saturated heterocycles. The molecule has 9 heteroatoms. The van der Waals surface area contributed by atoms with E-state index in [0.29, 0.717) is 31.5 Å². The smallest absolute Gasteiger partial charge is 0.408 e. The number of aromatic nitrogens is 2. The van der Waals surface area contributed by atoms with Gasteiger partial charge in [0.1, 0.15) is 12.1 Å². The number of carbonyl (C=O) groups is 3. The molecule has 0 bridgehead atoms. The van der Waals surface area contributed by atoms with Gasteiger partial charge >= 0.3 is 6.09 Å². The molecule has 1 aromatic heterocycles. The number of alkyl carbamates (subject to hydrolysis) is 1. The fourth-order valence-corrected chi connectivity index (χ4v) is 3.22. The number of hydrogen-bond donors (Lipinski definition) is 3. The molecule has 2 heterocycles. The first-order valence-corrected chi connectivity index (χ1v) is 9.70. The largest absolute Gasteiger partial charge is 0.444 e. The monoisotopic (exact) mass is 401 g/mol. The number of fused-ring (bicyclic) bond motifs is 1. The molecule has 0 saturated carbocycles. The summed E-state index contributed by atoms with van der Waals surface area (Å²) in [7, 11) is 0. The van der Waals surface area contributed by atoms with E-state index in [1.807, 2.05) is 6.07 Å². The third-order valence-electron chi connectivity index (χ3n) is 4.61. The Kier molecular flexibility index (Phi) is 6.05. The molecule has 0 spiro atoms. The van der Waals surface area contributed by atoms with E-state index in [2.05, 4.69) is 20.6 Å². The first-order chi connectivity index (χ1) is 13.7. The summed E-state index contributed by atoms with van der Waals surface area (Å²) in [5.41, 5.74) is 1.66. The molecule has 1 aromatic carbocycles. The van der Waals surface area contributed by atoms with Crippen LogP contribution in [-0.4, -0.2) is 64.1 Å². The summed E-state index contributed by atoms with van der Waals surface area (Å²) in [5, 5.41) is 5.34. The van der Waals surface area contributed by atoms with Gasteiger partial charge in [-0.1, -0.05) is 0 Å². The van der Waals surface area contributed by atoms with Crippen LogP contribution in [0.4, 0.5) is 4.79 Å². The highest BCUT2D eigenvalue weighted by Crippen LogP contribution is 2.17. The van der Waals surface area contributed by atoms with Crippen molar-refractivity contribution in [1.82, 2.24) is 25.5 Å². The fourth-order valence-electron chi connectivity index (χ4n) is 3.22. The van der Waals surface area contributed by atoms with E-state index in [-0.39, 0.29) is 24.4 Å². The molecular weight excluding hydrogens is 374 g/mol. The van der Waals surface area contributed by atoms with E-state index in [1.165, 1.54) is 0 Å². The summed E-state index contributed by atoms with van der Waals surface area (Å²) in [5.74, 6) is -0.303. The Morgan fingerprint density at radius 3 is 2.66 bits per heavy atom. The zero-order valence-corrected chi connectivity index (χ0v) is 16.9. The van der Waals surface area contributed by atoms with Crippen LogP contribution in [0.1, 0.15) is 44.0 Å². The van der Waals surface area contributed by atoms with E-state index in [9.17, 15) is 14.4 Å². The van der Waals surface area contributed by atoms with Gasteiger partial charge in [0.2, 0.25) is 5.91 Å². The molecule has 1 aliphatic rings. The van der Waals surface area contributed by atoms with Crippen molar-refractivity contribution in [2.24, 2.45) is 0 Å². The van der Waals surface area contributed by atoms with E-state index >= 15 is 0 Å². The van der Waals surface area contributed by atoms with Gasteiger partial charge in [-0.15, -0.1) is 0 Å². The number of H-pyrrole nitrogens is 1. The van der Waals surface area contributed by atoms with E-state index in [1.54, 1.807) is 44.1 Å². The summed E-state index contributed by atoms with van der Waals surface area (Å²) in [6.45, 7) is 6.26. The first-order valence-electron chi connectivity index (χ1n) is 9.70. The highest BCUT2D eigenvalue weighted by Gasteiger charge is 2.25. The molecule has 0 radical (unpaired) electrons. The molecule has 1 aliphatic heterocycles. The average Bonchev–Trinajstić information content (AvgIpc) is 3.13. The lowest BCUT2D eigenvalue weighted by atomic mass is 10.0. The second kappa shape index (κ2) is 8.50. The SMILES string of the molecule is CC(C)(C)OC(=O)NCC(=O)NC1CCN(C(=O)c2ccc3nc[nH]c3c2)CC1. The zero-order valence-electron chi connectivity index (χ0n) is 16.9. The molecular formula is C20H27N5O4. The number of nitrogens with zero attached hydrogens (tertiary/aromatic N) is 2. The minimum absolute atomic E-state index is 0.0259. The van der Waals surface area contributed by atoms with Gasteiger partial charge in [-0.05, 0) is 51.8 Å². The predicted molar refractivity (Wildman–Crippen MR) is 107 cm³/mol. The maximum Gasteiger partial charge on any atom is 0.408 e. The van der Waals surface area contributed by atoms with Gasteiger partial charge in [0.15, 0.2) is 0 Å². The third kappa shape index (κ3) is 5.69. The Morgan fingerprint density at radius 2 is 1.97 bits per heavy atom. The van der Waals surface area contributed by atoms with Crippen LogP contribution in [0.25, 0.3) is 11.0 Å². The standard InChI is InChI=1S/C20H27N5O4/c1-20(2,3)29-19(28)21-11-17(26)24-14-6-8-25(9-7-14)18(27)13-4-5-15-16(10-13)23-12-22-15/h4-5,10,12,14H,6-9,11H2,1-3H3,(H,21,28)(H,22,23)(H,24,26). The molecule has 0 unspecified atom stereocenters. The first kappa shape index (κ1) is 20.6. The number of imidazole rings is 1. The molecule has 2 aromatic rings. The molecule has 3 amide bonds. The summed E-state index contributed by atoms with van der Waals surface area (Å²) in [6, 6.07) is 5.38. The van der Waals surface area contributed by atoms with Crippen LogP contribution in [0, 0.1) is 0 Å². The number of amides is 3. The number of carbonyl (C=O) groups excluding carboxylic acids is 3. The number of nitrogens with one attached hydrogen (secondary N) is 3. The van der Waals surface area contributed by atoms with Crippen LogP contribution in [-0.2, 0) is 9.53 Å². The predicted octanol–water partition coefficient (Wildman–Crippen LogP) is 1.81. The fraction of sp³-hybridized carbons (Fsp3) is 0.500. The lowest BCUT2D eigenvalue weighted by Gasteiger charge is -2.32. The van der Waals surface area contributed by atoms with E-state index < -0.39 is 11.7 Å². The third-order valence-corrected chi connectivity index (χ3v) is 4.61. The van der Waals surface area contributed by atoms with Crippen LogP contribution in [0.5, 0.6) is 0 Å². The maximum absolute atomic E-state index is 12.7. The van der Waals surface area contributed by atoms with Crippen molar-refractivity contribution < 1.29 is 19.1 Å².